The average Bonchev–Trinajstić information content (AvgIpc) is 2.49. The van der Waals surface area contributed by atoms with Crippen LogP contribution in [-0.2, 0) is 0 Å². The summed E-state index contributed by atoms with van der Waals surface area (Å²) in [5.41, 5.74) is 1.43. The van der Waals surface area contributed by atoms with E-state index in [-0.39, 0.29) is 28.2 Å². The molecular formula is C16H11BrO4. The van der Waals surface area contributed by atoms with Gasteiger partial charge in [0.2, 0.25) is 5.78 Å². The van der Waals surface area contributed by atoms with E-state index in [4.69, 9.17) is 4.74 Å². The quantitative estimate of drug-likeness (QED) is 0.734. The maximum Gasteiger partial charge on any atom is 0.202 e. The largest absolute Gasteiger partial charge is 0.506 e. The highest BCUT2D eigenvalue weighted by atomic mass is 79.9. The number of ether oxygens (including phenoxy) is 1. The first kappa shape index (κ1) is 13.8. The fraction of sp³-hybridized carbons (Fsp3) is 0.125. The van der Waals surface area contributed by atoms with Crippen LogP contribution in [0.1, 0.15) is 37.4 Å². The molecule has 21 heavy (non-hydrogen) atoms. The van der Waals surface area contributed by atoms with Crippen LogP contribution in [0.4, 0.5) is 0 Å². The number of halogens is 1. The SMILES string of the molecule is COc1cccc2c1C(=O)c1c(cc(C)c(Br)c1O)C2=O. The molecule has 1 aliphatic carbocycles. The standard InChI is InChI=1S/C16H11BrO4/c1-7-6-9-12(16(20)13(7)17)15(19)11-8(14(9)18)4-3-5-10(11)21-2/h3-6,20H,1-2H3. The minimum atomic E-state index is -0.407. The molecule has 0 radical (unpaired) electrons. The molecule has 0 aromatic heterocycles. The number of methoxy groups -OCH3 is 1. The summed E-state index contributed by atoms with van der Waals surface area (Å²) in [6.07, 6.45) is 0. The molecule has 0 fully saturated rings. The Hall–Kier alpha value is -2.14. The van der Waals surface area contributed by atoms with Crippen molar-refractivity contribution in [2.75, 3.05) is 7.11 Å². The van der Waals surface area contributed by atoms with E-state index < -0.39 is 5.78 Å². The molecular weight excluding hydrogens is 336 g/mol. The molecule has 0 spiro atoms. The van der Waals surface area contributed by atoms with Crippen molar-refractivity contribution in [3.8, 4) is 11.5 Å². The van der Waals surface area contributed by atoms with Gasteiger partial charge >= 0.3 is 0 Å². The zero-order valence-corrected chi connectivity index (χ0v) is 12.9. The fourth-order valence-electron chi connectivity index (χ4n) is 2.58. The van der Waals surface area contributed by atoms with Crippen molar-refractivity contribution in [1.82, 2.24) is 0 Å². The second-order valence-corrected chi connectivity index (χ2v) is 5.61. The summed E-state index contributed by atoms with van der Waals surface area (Å²) >= 11 is 3.24. The predicted molar refractivity (Wildman–Crippen MR) is 80.4 cm³/mol. The van der Waals surface area contributed by atoms with Crippen LogP contribution in [0.3, 0.4) is 0 Å². The molecule has 0 unspecified atom stereocenters. The first-order valence-corrected chi connectivity index (χ1v) is 7.05. The Morgan fingerprint density at radius 2 is 1.81 bits per heavy atom. The number of carbonyl (C=O) groups is 2. The van der Waals surface area contributed by atoms with Crippen molar-refractivity contribution in [3.05, 3.63) is 56.6 Å². The van der Waals surface area contributed by atoms with Crippen LogP contribution in [0.2, 0.25) is 0 Å². The van der Waals surface area contributed by atoms with Gasteiger partial charge in [-0.15, -0.1) is 0 Å². The molecule has 0 saturated carbocycles. The zero-order chi connectivity index (χ0) is 15.3. The van der Waals surface area contributed by atoms with E-state index in [1.807, 2.05) is 0 Å². The van der Waals surface area contributed by atoms with Gasteiger partial charge in [0.1, 0.15) is 11.5 Å². The van der Waals surface area contributed by atoms with Gasteiger partial charge in [0.15, 0.2) is 5.78 Å². The second-order valence-electron chi connectivity index (χ2n) is 4.82. The lowest BCUT2D eigenvalue weighted by Gasteiger charge is -2.21. The molecule has 0 heterocycles. The molecule has 3 rings (SSSR count). The van der Waals surface area contributed by atoms with Crippen molar-refractivity contribution < 1.29 is 19.4 Å². The van der Waals surface area contributed by atoms with Gasteiger partial charge in [-0.1, -0.05) is 12.1 Å². The zero-order valence-electron chi connectivity index (χ0n) is 11.4. The summed E-state index contributed by atoms with van der Waals surface area (Å²) < 4.78 is 5.59. The van der Waals surface area contributed by atoms with Gasteiger partial charge < -0.3 is 9.84 Å². The number of aryl methyl sites for hydroxylation is 1. The van der Waals surface area contributed by atoms with Crippen LogP contribution in [0.5, 0.6) is 11.5 Å². The van der Waals surface area contributed by atoms with Crippen LogP contribution < -0.4 is 4.74 Å². The Labute approximate surface area is 129 Å². The van der Waals surface area contributed by atoms with E-state index in [1.165, 1.54) is 7.11 Å². The maximum atomic E-state index is 12.7. The third kappa shape index (κ3) is 1.81. The van der Waals surface area contributed by atoms with Crippen LogP contribution in [0, 0.1) is 6.92 Å². The summed E-state index contributed by atoms with van der Waals surface area (Å²) in [6, 6.07) is 6.49. The highest BCUT2D eigenvalue weighted by Crippen LogP contribution is 2.41. The van der Waals surface area contributed by atoms with Gasteiger partial charge in [0.25, 0.3) is 0 Å². The van der Waals surface area contributed by atoms with Crippen LogP contribution >= 0.6 is 15.9 Å². The van der Waals surface area contributed by atoms with Crippen molar-refractivity contribution in [2.45, 2.75) is 6.92 Å². The molecule has 0 bridgehead atoms. The van der Waals surface area contributed by atoms with E-state index in [1.54, 1.807) is 31.2 Å². The third-order valence-corrected chi connectivity index (χ3v) is 4.61. The minimum absolute atomic E-state index is 0.0227. The summed E-state index contributed by atoms with van der Waals surface area (Å²) in [4.78, 5) is 25.3. The van der Waals surface area contributed by atoms with E-state index in [0.717, 1.165) is 0 Å². The molecule has 2 aromatic rings. The molecule has 0 amide bonds. The topological polar surface area (TPSA) is 63.6 Å². The van der Waals surface area contributed by atoms with Gasteiger partial charge in [-0.2, -0.15) is 0 Å². The summed E-state index contributed by atoms with van der Waals surface area (Å²) in [7, 11) is 1.44. The first-order chi connectivity index (χ1) is 9.97. The van der Waals surface area contributed by atoms with Crippen molar-refractivity contribution >= 4 is 27.5 Å². The molecule has 1 N–H and O–H groups in total. The third-order valence-electron chi connectivity index (χ3n) is 3.61. The Bertz CT molecular complexity index is 808. The lowest BCUT2D eigenvalue weighted by molar-refractivity contribution is 0.0974. The summed E-state index contributed by atoms with van der Waals surface area (Å²) in [5.74, 6) is -0.577. The predicted octanol–water partition coefficient (Wildman–Crippen LogP) is 3.25. The number of hydrogen-bond donors (Lipinski definition) is 1. The van der Waals surface area contributed by atoms with Crippen LogP contribution in [-0.4, -0.2) is 23.8 Å². The number of ketones is 2. The monoisotopic (exact) mass is 346 g/mol. The van der Waals surface area contributed by atoms with Crippen molar-refractivity contribution in [2.24, 2.45) is 0 Å². The highest BCUT2D eigenvalue weighted by molar-refractivity contribution is 9.10. The van der Waals surface area contributed by atoms with Gasteiger partial charge in [-0.25, -0.2) is 0 Å². The first-order valence-electron chi connectivity index (χ1n) is 6.25. The number of hydrogen-bond acceptors (Lipinski definition) is 4. The number of fused-ring (bicyclic) bond motifs is 2. The van der Waals surface area contributed by atoms with E-state index >= 15 is 0 Å². The van der Waals surface area contributed by atoms with E-state index in [9.17, 15) is 14.7 Å². The highest BCUT2D eigenvalue weighted by Gasteiger charge is 2.35. The Kier molecular flexibility index (Phi) is 3.10. The molecule has 0 saturated heterocycles. The van der Waals surface area contributed by atoms with E-state index in [2.05, 4.69) is 15.9 Å². The summed E-state index contributed by atoms with van der Waals surface area (Å²) in [6.45, 7) is 1.75. The van der Waals surface area contributed by atoms with Crippen LogP contribution in [0.15, 0.2) is 28.7 Å². The van der Waals surface area contributed by atoms with Crippen molar-refractivity contribution in [1.29, 1.82) is 0 Å². The fourth-order valence-corrected chi connectivity index (χ4v) is 2.89. The number of benzene rings is 2. The molecule has 0 aliphatic heterocycles. The van der Waals surface area contributed by atoms with Crippen LogP contribution in [0.25, 0.3) is 0 Å². The van der Waals surface area contributed by atoms with E-state index in [0.29, 0.717) is 21.3 Å². The smallest absolute Gasteiger partial charge is 0.202 e. The molecule has 2 aromatic carbocycles. The van der Waals surface area contributed by atoms with Gasteiger partial charge in [0, 0.05) is 11.1 Å². The number of carbonyl (C=O) groups excluding carboxylic acids is 2. The molecule has 5 heteroatoms. The van der Waals surface area contributed by atoms with Gasteiger partial charge in [0.05, 0.1) is 22.7 Å². The Morgan fingerprint density at radius 1 is 1.10 bits per heavy atom. The normalized spacial score (nSPS) is 12.9. The molecule has 0 atom stereocenters. The number of rotatable bonds is 1. The van der Waals surface area contributed by atoms with Crippen molar-refractivity contribution in [3.63, 3.8) is 0 Å². The lowest BCUT2D eigenvalue weighted by atomic mass is 9.82. The molecule has 4 nitrogen and oxygen atoms in total. The average molecular weight is 347 g/mol. The number of phenolic OH excluding ortho intramolecular Hbond substituents is 1. The Morgan fingerprint density at radius 3 is 2.48 bits per heavy atom. The summed E-state index contributed by atoms with van der Waals surface area (Å²) in [5, 5.41) is 10.2. The number of phenols is 1. The Balaban J connectivity index is 2.39. The van der Waals surface area contributed by atoms with Gasteiger partial charge in [-0.3, -0.25) is 9.59 Å². The number of aromatic hydroxyl groups is 1. The second kappa shape index (κ2) is 4.70. The molecule has 1 aliphatic rings. The lowest BCUT2D eigenvalue weighted by Crippen LogP contribution is -2.22. The minimum Gasteiger partial charge on any atom is -0.506 e. The molecule has 106 valence electrons. The van der Waals surface area contributed by atoms with Gasteiger partial charge in [-0.05, 0) is 40.5 Å². The maximum absolute atomic E-state index is 12.7.